The fraction of sp³-hybridized carbons (Fsp3) is 0.462. The van der Waals surface area contributed by atoms with Gasteiger partial charge in [-0.1, -0.05) is 34.8 Å². The molecule has 128 valence electrons. The van der Waals surface area contributed by atoms with E-state index in [1.165, 1.54) is 11.1 Å². The van der Waals surface area contributed by atoms with Gasteiger partial charge in [-0.2, -0.15) is 0 Å². The lowest BCUT2D eigenvalue weighted by atomic mass is 10.0. The highest BCUT2D eigenvalue weighted by Gasteiger charge is 2.38. The van der Waals surface area contributed by atoms with Crippen molar-refractivity contribution in [3.63, 3.8) is 0 Å². The molecule has 1 unspecified atom stereocenters. The number of benzene rings is 1. The van der Waals surface area contributed by atoms with E-state index in [-0.39, 0.29) is 31.5 Å². The molecule has 1 aliphatic rings. The fourth-order valence-electron chi connectivity index (χ4n) is 2.49. The van der Waals surface area contributed by atoms with Crippen LogP contribution in [-0.4, -0.2) is 31.0 Å². The number of nitrogens with zero attached hydrogens (tertiary/aromatic N) is 1. The Balaban J connectivity index is 2.25. The second-order valence-corrected chi connectivity index (χ2v) is 8.90. The van der Waals surface area contributed by atoms with E-state index in [9.17, 15) is 13.2 Å². The number of rotatable bonds is 2. The van der Waals surface area contributed by atoms with E-state index < -0.39 is 16.1 Å². The van der Waals surface area contributed by atoms with Gasteiger partial charge in [0.25, 0.3) is 10.0 Å². The molecule has 0 aromatic heterocycles. The predicted molar refractivity (Wildman–Crippen MR) is 90.3 cm³/mol. The summed E-state index contributed by atoms with van der Waals surface area (Å²) in [5.41, 5.74) is 2.66. The van der Waals surface area contributed by atoms with Crippen molar-refractivity contribution in [2.75, 3.05) is 0 Å². The quantitative estimate of drug-likeness (QED) is 0.746. The molecule has 1 fully saturated rings. The average molecular weight is 401 g/mol. The Bertz CT molecular complexity index is 752. The Hall–Kier alpha value is -0.730. The number of nitrogens with one attached hydrogen (secondary N) is 2. The summed E-state index contributed by atoms with van der Waals surface area (Å²) in [6.07, 6.45) is 0.688. The van der Waals surface area contributed by atoms with E-state index in [0.717, 1.165) is 6.07 Å². The smallest absolute Gasteiger partial charge is 0.256 e. The van der Waals surface area contributed by atoms with Gasteiger partial charge in [0, 0.05) is 11.6 Å². The van der Waals surface area contributed by atoms with Crippen molar-refractivity contribution in [3.8, 4) is 0 Å². The SMILES string of the molecule is CC1CC(C)(C)NN1C(=O)NS(=O)(=O)c1cc(Cl)c(Cl)cc1Cl. The largest absolute Gasteiger partial charge is 0.345 e. The van der Waals surface area contributed by atoms with Crippen LogP contribution in [0.1, 0.15) is 27.2 Å². The van der Waals surface area contributed by atoms with Gasteiger partial charge in [0.2, 0.25) is 0 Å². The highest BCUT2D eigenvalue weighted by Crippen LogP contribution is 2.31. The van der Waals surface area contributed by atoms with Gasteiger partial charge in [-0.25, -0.2) is 23.4 Å². The summed E-state index contributed by atoms with van der Waals surface area (Å²) < 4.78 is 26.7. The standard InChI is InChI=1S/C13H16Cl3N3O3S/c1-7-6-13(2,3)18-19(7)12(20)17-23(21,22)11-5-9(15)8(14)4-10(11)16/h4-5,7,18H,6H2,1-3H3,(H,17,20). The number of hydrazine groups is 1. The maximum absolute atomic E-state index is 12.4. The van der Waals surface area contributed by atoms with E-state index >= 15 is 0 Å². The molecule has 23 heavy (non-hydrogen) atoms. The summed E-state index contributed by atoms with van der Waals surface area (Å²) in [5.74, 6) is 0. The number of carbonyl (C=O) groups is 1. The zero-order valence-electron chi connectivity index (χ0n) is 12.7. The molecule has 6 nitrogen and oxygen atoms in total. The van der Waals surface area contributed by atoms with Crippen LogP contribution in [-0.2, 0) is 10.0 Å². The Morgan fingerprint density at radius 3 is 2.35 bits per heavy atom. The molecule has 2 rings (SSSR count). The van der Waals surface area contributed by atoms with Crippen molar-refractivity contribution in [2.45, 2.75) is 43.7 Å². The van der Waals surface area contributed by atoms with Gasteiger partial charge in [-0.05, 0) is 39.3 Å². The van der Waals surface area contributed by atoms with E-state index in [0.29, 0.717) is 6.42 Å². The van der Waals surface area contributed by atoms with Crippen LogP contribution in [0.4, 0.5) is 4.79 Å². The molecule has 1 aromatic carbocycles. The third-order valence-electron chi connectivity index (χ3n) is 3.37. The normalized spacial score (nSPS) is 20.6. The average Bonchev–Trinajstić information content (AvgIpc) is 2.66. The molecule has 2 N–H and O–H groups in total. The van der Waals surface area contributed by atoms with E-state index in [2.05, 4.69) is 5.43 Å². The summed E-state index contributed by atoms with van der Waals surface area (Å²) in [4.78, 5) is 12.0. The minimum atomic E-state index is -4.18. The zero-order chi connectivity index (χ0) is 17.6. The number of hydrogen-bond donors (Lipinski definition) is 2. The molecule has 0 saturated carbocycles. The number of carbonyl (C=O) groups excluding carboxylic acids is 1. The zero-order valence-corrected chi connectivity index (χ0v) is 15.7. The van der Waals surface area contributed by atoms with Gasteiger partial charge in [0.15, 0.2) is 0 Å². The minimum absolute atomic E-state index is 0.0256. The molecule has 1 saturated heterocycles. The summed E-state index contributed by atoms with van der Waals surface area (Å²) in [5, 5.41) is 1.28. The predicted octanol–water partition coefficient (Wildman–Crippen LogP) is 3.42. The number of halogens is 3. The Morgan fingerprint density at radius 2 is 1.83 bits per heavy atom. The number of amides is 2. The van der Waals surface area contributed by atoms with Crippen molar-refractivity contribution in [3.05, 3.63) is 27.2 Å². The molecule has 2 amide bonds. The first-order valence-electron chi connectivity index (χ1n) is 6.71. The van der Waals surface area contributed by atoms with Crippen molar-refractivity contribution >= 4 is 50.9 Å². The first-order valence-corrected chi connectivity index (χ1v) is 9.33. The van der Waals surface area contributed by atoms with Gasteiger partial charge in [0.05, 0.1) is 15.1 Å². The number of urea groups is 1. The first-order chi connectivity index (χ1) is 10.4. The summed E-state index contributed by atoms with van der Waals surface area (Å²) >= 11 is 17.5. The molecule has 1 heterocycles. The lowest BCUT2D eigenvalue weighted by molar-refractivity contribution is 0.169. The van der Waals surface area contributed by atoms with Gasteiger partial charge in [-0.15, -0.1) is 0 Å². The van der Waals surface area contributed by atoms with E-state index in [4.69, 9.17) is 34.8 Å². The molecule has 10 heteroatoms. The monoisotopic (exact) mass is 399 g/mol. The lowest BCUT2D eigenvalue weighted by Crippen LogP contribution is -2.51. The van der Waals surface area contributed by atoms with Gasteiger partial charge in [-0.3, -0.25) is 5.01 Å². The molecule has 1 aromatic rings. The topological polar surface area (TPSA) is 78.5 Å². The second-order valence-electron chi connectivity index (χ2n) is 6.03. The molecule has 1 atom stereocenters. The van der Waals surface area contributed by atoms with Gasteiger partial charge >= 0.3 is 6.03 Å². The van der Waals surface area contributed by atoms with Crippen LogP contribution in [0.15, 0.2) is 17.0 Å². The van der Waals surface area contributed by atoms with E-state index in [1.807, 2.05) is 25.5 Å². The summed E-state index contributed by atoms with van der Waals surface area (Å²) in [7, 11) is -4.18. The van der Waals surface area contributed by atoms with Crippen molar-refractivity contribution < 1.29 is 13.2 Å². The fourth-order valence-corrected chi connectivity index (χ4v) is 4.44. The van der Waals surface area contributed by atoms with Gasteiger partial charge < -0.3 is 0 Å². The van der Waals surface area contributed by atoms with Crippen LogP contribution in [0.5, 0.6) is 0 Å². The highest BCUT2D eigenvalue weighted by molar-refractivity contribution is 7.90. The minimum Gasteiger partial charge on any atom is -0.256 e. The first kappa shape index (κ1) is 18.6. The molecule has 0 aliphatic carbocycles. The highest BCUT2D eigenvalue weighted by atomic mass is 35.5. The lowest BCUT2D eigenvalue weighted by Gasteiger charge is -2.24. The van der Waals surface area contributed by atoms with E-state index in [1.54, 1.807) is 0 Å². The maximum atomic E-state index is 12.4. The Labute approximate surface area is 150 Å². The van der Waals surface area contributed by atoms with Crippen LogP contribution < -0.4 is 10.1 Å². The van der Waals surface area contributed by atoms with Crippen molar-refractivity contribution in [1.29, 1.82) is 0 Å². The van der Waals surface area contributed by atoms with Crippen LogP contribution in [0.25, 0.3) is 0 Å². The molecule has 0 spiro atoms. The maximum Gasteiger partial charge on any atom is 0.345 e. The van der Waals surface area contributed by atoms with Crippen LogP contribution >= 0.6 is 34.8 Å². The molecule has 1 aliphatic heterocycles. The Morgan fingerprint density at radius 1 is 1.26 bits per heavy atom. The van der Waals surface area contributed by atoms with Crippen LogP contribution in [0.2, 0.25) is 15.1 Å². The summed E-state index contributed by atoms with van der Waals surface area (Å²) in [6.45, 7) is 5.66. The molecular formula is C13H16Cl3N3O3S. The second kappa shape index (κ2) is 6.29. The third kappa shape index (κ3) is 4.03. The number of hydrogen-bond acceptors (Lipinski definition) is 4. The molecular weight excluding hydrogens is 385 g/mol. The Kier molecular flexibility index (Phi) is 5.09. The van der Waals surface area contributed by atoms with Crippen molar-refractivity contribution in [1.82, 2.24) is 15.2 Å². The van der Waals surface area contributed by atoms with Gasteiger partial charge in [0.1, 0.15) is 4.90 Å². The molecule has 0 radical (unpaired) electrons. The molecule has 0 bridgehead atoms. The van der Waals surface area contributed by atoms with Crippen molar-refractivity contribution in [2.24, 2.45) is 0 Å². The third-order valence-corrected chi connectivity index (χ3v) is 5.88. The number of sulfonamides is 1. The van der Waals surface area contributed by atoms with Crippen LogP contribution in [0.3, 0.4) is 0 Å². The van der Waals surface area contributed by atoms with Crippen LogP contribution in [0, 0.1) is 0 Å². The summed E-state index contributed by atoms with van der Waals surface area (Å²) in [6, 6.07) is 1.37.